The van der Waals surface area contributed by atoms with E-state index >= 15 is 0 Å². The van der Waals surface area contributed by atoms with Gasteiger partial charge in [-0.25, -0.2) is 9.18 Å². The molecule has 216 valence electrons. The maximum absolute atomic E-state index is 14.8. The number of rotatable bonds is 6. The van der Waals surface area contributed by atoms with Crippen LogP contribution in [0.25, 0.3) is 0 Å². The number of nitrogens with zero attached hydrogens (tertiary/aromatic N) is 2. The second kappa shape index (κ2) is 12.0. The van der Waals surface area contributed by atoms with Crippen LogP contribution in [0.4, 0.5) is 9.18 Å². The minimum atomic E-state index is -0.859. The molecule has 2 aromatic rings. The number of carbonyl (C=O) groups excluding carboxylic acids is 3. The number of halogens is 2. The molecule has 0 saturated carbocycles. The average molecular weight is 573 g/mol. The Labute approximate surface area is 240 Å². The Morgan fingerprint density at radius 2 is 1.80 bits per heavy atom. The van der Waals surface area contributed by atoms with Gasteiger partial charge in [0.2, 0.25) is 11.9 Å². The Hall–Kier alpha value is -3.46. The van der Waals surface area contributed by atoms with Crippen molar-refractivity contribution in [1.29, 1.82) is 0 Å². The number of hydrogen-bond donors (Lipinski definition) is 2. The van der Waals surface area contributed by atoms with Gasteiger partial charge >= 0.3 is 6.09 Å². The molecule has 1 saturated heterocycles. The summed E-state index contributed by atoms with van der Waals surface area (Å²) in [5, 5.41) is 6.65. The van der Waals surface area contributed by atoms with Crippen molar-refractivity contribution >= 4 is 35.5 Å². The number of guanidine groups is 1. The lowest BCUT2D eigenvalue weighted by atomic mass is 9.83. The summed E-state index contributed by atoms with van der Waals surface area (Å²) in [5.41, 5.74) is -0.207. The van der Waals surface area contributed by atoms with Crippen LogP contribution in [0.3, 0.4) is 0 Å². The van der Waals surface area contributed by atoms with E-state index in [1.54, 1.807) is 52.8 Å². The van der Waals surface area contributed by atoms with Crippen LogP contribution in [0.15, 0.2) is 47.5 Å². The molecule has 1 heterocycles. The van der Waals surface area contributed by atoms with E-state index in [0.717, 1.165) is 11.6 Å². The Morgan fingerprint density at radius 3 is 2.40 bits per heavy atom. The van der Waals surface area contributed by atoms with Crippen LogP contribution in [-0.2, 0) is 9.53 Å². The van der Waals surface area contributed by atoms with Crippen LogP contribution in [0.5, 0.6) is 0 Å². The van der Waals surface area contributed by atoms with Gasteiger partial charge in [-0.2, -0.15) is 0 Å². The van der Waals surface area contributed by atoms with Crippen LogP contribution < -0.4 is 10.6 Å². The monoisotopic (exact) mass is 572 g/mol. The third-order valence-electron chi connectivity index (χ3n) is 7.03. The van der Waals surface area contributed by atoms with E-state index in [2.05, 4.69) is 15.6 Å². The number of amides is 3. The van der Waals surface area contributed by atoms with E-state index in [0.29, 0.717) is 10.6 Å². The number of aliphatic imine (C=N–C) groups is 1. The standard InChI is InChI=1S/C30H38ClFN4O4/c1-17(2)30(8)16-25(37)36(27(35-30)34-28(39)40-29(5,6)7)19(4)21-12-22(15-24(32)14-21)26(38)33-18(3)20-10-9-11-23(31)13-20/h9-15,17-19H,16H2,1-8H3,(H,33,38)(H,34,35,39)/t18-,19+,30-/m0/s1. The third kappa shape index (κ3) is 7.59. The summed E-state index contributed by atoms with van der Waals surface area (Å²) in [4.78, 5) is 44.7. The Bertz CT molecular complexity index is 1320. The predicted octanol–water partition coefficient (Wildman–Crippen LogP) is 6.56. The average Bonchev–Trinajstić information content (AvgIpc) is 2.81. The van der Waals surface area contributed by atoms with Crippen molar-refractivity contribution in [2.45, 2.75) is 85.0 Å². The van der Waals surface area contributed by atoms with Crippen LogP contribution in [0.1, 0.15) is 95.4 Å². The Kier molecular flexibility index (Phi) is 9.29. The number of carbonyl (C=O) groups is 3. The first-order valence-electron chi connectivity index (χ1n) is 13.3. The van der Waals surface area contributed by atoms with Crippen molar-refractivity contribution in [1.82, 2.24) is 15.5 Å². The summed E-state index contributed by atoms with van der Waals surface area (Å²) >= 11 is 6.08. The molecule has 0 aromatic heterocycles. The molecule has 1 fully saturated rings. The van der Waals surface area contributed by atoms with Crippen molar-refractivity contribution < 1.29 is 23.5 Å². The molecule has 3 rings (SSSR count). The molecule has 1 aliphatic heterocycles. The number of ether oxygens (including phenoxy) is 1. The second-order valence-electron chi connectivity index (χ2n) is 11.8. The van der Waals surface area contributed by atoms with E-state index < -0.39 is 35.0 Å². The van der Waals surface area contributed by atoms with Crippen molar-refractivity contribution in [2.24, 2.45) is 10.9 Å². The highest BCUT2D eigenvalue weighted by Gasteiger charge is 2.43. The quantitative estimate of drug-likeness (QED) is 0.408. The molecule has 1 aliphatic rings. The zero-order valence-corrected chi connectivity index (χ0v) is 25.0. The van der Waals surface area contributed by atoms with Gasteiger partial charge in [-0.15, -0.1) is 4.99 Å². The van der Waals surface area contributed by atoms with Crippen molar-refractivity contribution in [3.8, 4) is 0 Å². The van der Waals surface area contributed by atoms with Crippen LogP contribution in [-0.4, -0.2) is 39.9 Å². The topological polar surface area (TPSA) is 100 Å². The molecule has 0 aliphatic carbocycles. The highest BCUT2D eigenvalue weighted by molar-refractivity contribution is 6.30. The zero-order chi connectivity index (χ0) is 30.0. The molecule has 2 N–H and O–H groups in total. The SMILES string of the molecule is CC(C)[C@]1(C)CC(=O)N([C@H](C)c2cc(F)cc(C(=O)N[C@@H](C)c3cccc(Cl)c3)c2)/C(=N\C(=O)OC(C)(C)C)N1. The number of nitrogens with one attached hydrogen (secondary N) is 2. The lowest BCUT2D eigenvalue weighted by Crippen LogP contribution is -2.64. The van der Waals surface area contributed by atoms with Crippen LogP contribution >= 0.6 is 11.6 Å². The molecular weight excluding hydrogens is 535 g/mol. The Morgan fingerprint density at radius 1 is 1.12 bits per heavy atom. The highest BCUT2D eigenvalue weighted by Crippen LogP contribution is 2.32. The lowest BCUT2D eigenvalue weighted by molar-refractivity contribution is -0.132. The molecule has 3 atom stereocenters. The van der Waals surface area contributed by atoms with Crippen molar-refractivity contribution in [3.63, 3.8) is 0 Å². The predicted molar refractivity (Wildman–Crippen MR) is 154 cm³/mol. The van der Waals surface area contributed by atoms with Gasteiger partial charge in [0.15, 0.2) is 0 Å². The number of benzene rings is 2. The van der Waals surface area contributed by atoms with E-state index in [9.17, 15) is 18.8 Å². The molecule has 2 aromatic carbocycles. The van der Waals surface area contributed by atoms with E-state index in [4.69, 9.17) is 16.3 Å². The van der Waals surface area contributed by atoms with Crippen molar-refractivity contribution in [2.75, 3.05) is 0 Å². The molecular formula is C30H38ClFN4O4. The highest BCUT2D eigenvalue weighted by atomic mass is 35.5. The first-order chi connectivity index (χ1) is 18.5. The maximum Gasteiger partial charge on any atom is 0.437 e. The van der Waals surface area contributed by atoms with Gasteiger partial charge in [0, 0.05) is 16.1 Å². The normalized spacial score (nSPS) is 20.2. The fourth-order valence-electron chi connectivity index (χ4n) is 4.35. The van der Waals surface area contributed by atoms with Gasteiger partial charge in [-0.3, -0.25) is 14.5 Å². The summed E-state index contributed by atoms with van der Waals surface area (Å²) in [6, 6.07) is 9.89. The Balaban J connectivity index is 1.94. The van der Waals surface area contributed by atoms with Crippen LogP contribution in [0, 0.1) is 11.7 Å². The lowest BCUT2D eigenvalue weighted by Gasteiger charge is -2.45. The molecule has 0 spiro atoms. The molecule has 40 heavy (non-hydrogen) atoms. The maximum atomic E-state index is 14.8. The van der Waals surface area contributed by atoms with Gasteiger partial charge in [-0.05, 0) is 88.9 Å². The van der Waals surface area contributed by atoms with Crippen molar-refractivity contribution in [3.05, 3.63) is 70.0 Å². The molecule has 0 unspecified atom stereocenters. The fraction of sp³-hybridized carbons (Fsp3) is 0.467. The van der Waals surface area contributed by atoms with E-state index in [1.807, 2.05) is 26.8 Å². The van der Waals surface area contributed by atoms with Gasteiger partial charge in [0.25, 0.3) is 5.91 Å². The van der Waals surface area contributed by atoms with E-state index in [-0.39, 0.29) is 35.8 Å². The molecule has 3 amide bonds. The van der Waals surface area contributed by atoms with E-state index in [1.165, 1.54) is 17.0 Å². The summed E-state index contributed by atoms with van der Waals surface area (Å²) in [6.07, 6.45) is -0.732. The fourth-order valence-corrected chi connectivity index (χ4v) is 4.55. The molecule has 8 nitrogen and oxygen atoms in total. The van der Waals surface area contributed by atoms with Gasteiger partial charge in [0.1, 0.15) is 11.4 Å². The minimum absolute atomic E-state index is 0.0130. The smallest absolute Gasteiger partial charge is 0.437 e. The molecule has 0 radical (unpaired) electrons. The van der Waals surface area contributed by atoms with Gasteiger partial charge < -0.3 is 15.4 Å². The first-order valence-corrected chi connectivity index (χ1v) is 13.7. The summed E-state index contributed by atoms with van der Waals surface area (Å²) in [7, 11) is 0. The molecule has 0 bridgehead atoms. The minimum Gasteiger partial charge on any atom is -0.442 e. The van der Waals surface area contributed by atoms with Gasteiger partial charge in [-0.1, -0.05) is 37.6 Å². The second-order valence-corrected chi connectivity index (χ2v) is 12.2. The third-order valence-corrected chi connectivity index (χ3v) is 7.26. The summed E-state index contributed by atoms with van der Waals surface area (Å²) in [6.45, 7) is 14.5. The summed E-state index contributed by atoms with van der Waals surface area (Å²) in [5.74, 6) is -1.38. The largest absolute Gasteiger partial charge is 0.442 e. The van der Waals surface area contributed by atoms with Crippen LogP contribution in [0.2, 0.25) is 5.02 Å². The van der Waals surface area contributed by atoms with Gasteiger partial charge in [0.05, 0.1) is 18.5 Å². The zero-order valence-electron chi connectivity index (χ0n) is 24.3. The summed E-state index contributed by atoms with van der Waals surface area (Å²) < 4.78 is 20.2. The number of hydrogen-bond acceptors (Lipinski definition) is 4. The first kappa shape index (κ1) is 31.1. The molecule has 10 heteroatoms.